The van der Waals surface area contributed by atoms with Gasteiger partial charge in [-0.15, -0.1) is 0 Å². The molecule has 0 bridgehead atoms. The van der Waals surface area contributed by atoms with Crippen LogP contribution in [0.15, 0.2) is 29.1 Å². The molecule has 0 fully saturated rings. The molecule has 1 N–H and O–H groups in total. The van der Waals surface area contributed by atoms with Gasteiger partial charge in [-0.3, -0.25) is 19.5 Å². The van der Waals surface area contributed by atoms with Gasteiger partial charge in [-0.1, -0.05) is 11.6 Å². The minimum absolute atomic E-state index is 0.0110. The number of esters is 2. The lowest BCUT2D eigenvalue weighted by atomic mass is 10.1. The number of pyridine rings is 1. The second-order valence-corrected chi connectivity index (χ2v) is 7.50. The predicted molar refractivity (Wildman–Crippen MR) is 128 cm³/mol. The molecule has 1 heterocycles. The van der Waals surface area contributed by atoms with Crippen LogP contribution in [-0.2, 0) is 9.47 Å². The van der Waals surface area contributed by atoms with E-state index in [1.165, 1.54) is 39.5 Å². The first-order valence-electron chi connectivity index (χ1n) is 11.2. The predicted octanol–water partition coefficient (Wildman–Crippen LogP) is 1.76. The number of hydrogen-bond donors (Lipinski definition) is 1. The Kier molecular flexibility index (Phi) is 11.9. The van der Waals surface area contributed by atoms with Gasteiger partial charge in [0.05, 0.1) is 43.3 Å². The Hall–Kier alpha value is -3.44. The Bertz CT molecular complexity index is 1110. The molecule has 0 radical (unpaired) electrons. The number of halogens is 1. The molecular weight excluding hydrogens is 482 g/mol. The number of nitro groups is 1. The van der Waals surface area contributed by atoms with Gasteiger partial charge < -0.3 is 19.5 Å². The molecule has 0 aliphatic rings. The van der Waals surface area contributed by atoms with Gasteiger partial charge >= 0.3 is 11.9 Å². The molecular formula is C23H30ClN3O8. The van der Waals surface area contributed by atoms with Gasteiger partial charge in [0.15, 0.2) is 0 Å². The summed E-state index contributed by atoms with van der Waals surface area (Å²) >= 11 is 5.76. The van der Waals surface area contributed by atoms with Crippen LogP contribution < -0.4 is 15.6 Å². The van der Waals surface area contributed by atoms with E-state index in [0.717, 1.165) is 18.2 Å². The third-order valence-corrected chi connectivity index (χ3v) is 5.26. The van der Waals surface area contributed by atoms with E-state index in [-0.39, 0.29) is 18.2 Å². The van der Waals surface area contributed by atoms with E-state index in [1.54, 1.807) is 4.90 Å². The Morgan fingerprint density at radius 1 is 0.971 bits per heavy atom. The zero-order chi connectivity index (χ0) is 26.7. The molecule has 11 nitrogen and oxygen atoms in total. The molecule has 0 aliphatic heterocycles. The third kappa shape index (κ3) is 7.52. The fourth-order valence-corrected chi connectivity index (χ4v) is 3.28. The van der Waals surface area contributed by atoms with E-state index in [0.29, 0.717) is 4.57 Å². The lowest BCUT2D eigenvalue weighted by Crippen LogP contribution is -3.11. The van der Waals surface area contributed by atoms with Crippen LogP contribution in [0, 0.1) is 10.1 Å². The SMILES string of the molecule is CCOC(=O)c1cc(C(=O)OCC)c(=O)n(-c2ccc(Cl)cc2[N+](=O)[O-])c1[O-].CC[NH+](CC)CC. The van der Waals surface area contributed by atoms with E-state index in [4.69, 9.17) is 21.1 Å². The average molecular weight is 512 g/mol. The van der Waals surface area contributed by atoms with Gasteiger partial charge in [0.1, 0.15) is 11.3 Å². The average Bonchev–Trinajstić information content (AvgIpc) is 2.81. The standard InChI is InChI=1S/C17H15ClN2O8.C6H15N/c1-3-27-16(23)10-8-11(17(24)28-4-2)15(22)19(14(10)21)12-6-5-9(18)7-13(12)20(25)26;1-4-7(5-2)6-3/h5-8,21H,3-4H2,1-2H3;4-6H2,1-3H3. The van der Waals surface area contributed by atoms with E-state index in [9.17, 15) is 29.6 Å². The second-order valence-electron chi connectivity index (χ2n) is 7.06. The zero-order valence-electron chi connectivity index (χ0n) is 20.4. The minimum Gasteiger partial charge on any atom is -0.859 e. The van der Waals surface area contributed by atoms with Crippen molar-refractivity contribution >= 4 is 29.2 Å². The number of carbonyl (C=O) groups is 2. The molecule has 2 rings (SSSR count). The van der Waals surface area contributed by atoms with Crippen LogP contribution in [0.1, 0.15) is 55.3 Å². The second kappa shape index (κ2) is 14.1. The largest absolute Gasteiger partial charge is 0.859 e. The molecule has 192 valence electrons. The molecule has 0 unspecified atom stereocenters. The fourth-order valence-electron chi connectivity index (χ4n) is 3.11. The van der Waals surface area contributed by atoms with Crippen molar-refractivity contribution < 1.29 is 34.0 Å². The Labute approximate surface area is 208 Å². The van der Waals surface area contributed by atoms with Crippen LogP contribution in [0.25, 0.3) is 5.69 Å². The first kappa shape index (κ1) is 29.6. The van der Waals surface area contributed by atoms with Crippen LogP contribution >= 0.6 is 11.6 Å². The Balaban J connectivity index is 0.000000762. The fraction of sp³-hybridized carbons (Fsp3) is 0.435. The molecule has 0 amide bonds. The van der Waals surface area contributed by atoms with Crippen molar-refractivity contribution in [3.05, 3.63) is 60.9 Å². The highest BCUT2D eigenvalue weighted by molar-refractivity contribution is 6.30. The first-order valence-corrected chi connectivity index (χ1v) is 11.5. The molecule has 1 aromatic heterocycles. The van der Waals surface area contributed by atoms with E-state index >= 15 is 0 Å². The van der Waals surface area contributed by atoms with Crippen molar-refractivity contribution in [1.29, 1.82) is 0 Å². The van der Waals surface area contributed by atoms with Crippen LogP contribution in [-0.4, -0.2) is 54.3 Å². The van der Waals surface area contributed by atoms with Crippen LogP contribution in [0.3, 0.4) is 0 Å². The van der Waals surface area contributed by atoms with Gasteiger partial charge in [0.2, 0.25) is 0 Å². The van der Waals surface area contributed by atoms with Gasteiger partial charge in [-0.25, -0.2) is 9.59 Å². The quantitative estimate of drug-likeness (QED) is 0.304. The van der Waals surface area contributed by atoms with E-state index in [2.05, 4.69) is 20.8 Å². The number of benzene rings is 1. The summed E-state index contributed by atoms with van der Waals surface area (Å²) in [5, 5.41) is 24.1. The van der Waals surface area contributed by atoms with Crippen molar-refractivity contribution in [2.24, 2.45) is 0 Å². The molecule has 1 aromatic carbocycles. The lowest BCUT2D eigenvalue weighted by Gasteiger charge is -2.21. The minimum atomic E-state index is -1.18. The topological polar surface area (TPSA) is 145 Å². The van der Waals surface area contributed by atoms with Gasteiger partial charge in [0.25, 0.3) is 11.2 Å². The molecule has 0 spiro atoms. The normalized spacial score (nSPS) is 10.4. The maximum Gasteiger partial charge on any atom is 0.343 e. The Morgan fingerprint density at radius 3 is 1.91 bits per heavy atom. The monoisotopic (exact) mass is 511 g/mol. The molecule has 12 heteroatoms. The van der Waals surface area contributed by atoms with Gasteiger partial charge in [0, 0.05) is 11.1 Å². The number of nitrogens with zero attached hydrogens (tertiary/aromatic N) is 2. The number of nitro benzene ring substituents is 1. The summed E-state index contributed by atoms with van der Waals surface area (Å²) in [4.78, 5) is 49.2. The number of aromatic nitrogens is 1. The molecule has 0 saturated carbocycles. The zero-order valence-corrected chi connectivity index (χ0v) is 21.1. The van der Waals surface area contributed by atoms with Crippen molar-refractivity contribution in [3.8, 4) is 11.6 Å². The van der Waals surface area contributed by atoms with Crippen molar-refractivity contribution in [2.45, 2.75) is 34.6 Å². The summed E-state index contributed by atoms with van der Waals surface area (Å²) in [5.41, 5.74) is -3.59. The van der Waals surface area contributed by atoms with Crippen molar-refractivity contribution in [2.75, 3.05) is 32.8 Å². The van der Waals surface area contributed by atoms with E-state index in [1.807, 2.05) is 0 Å². The molecule has 35 heavy (non-hydrogen) atoms. The summed E-state index contributed by atoms with van der Waals surface area (Å²) in [6.45, 7) is 13.3. The number of quaternary nitrogens is 1. The van der Waals surface area contributed by atoms with Crippen LogP contribution in [0.5, 0.6) is 5.88 Å². The van der Waals surface area contributed by atoms with Gasteiger partial charge in [-0.05, 0) is 58.7 Å². The Morgan fingerprint density at radius 2 is 1.49 bits per heavy atom. The molecule has 0 atom stereocenters. The number of nitrogens with one attached hydrogen (secondary N) is 1. The molecule has 0 saturated heterocycles. The highest BCUT2D eigenvalue weighted by Gasteiger charge is 2.25. The number of hydrogen-bond acceptors (Lipinski definition) is 8. The number of ether oxygens (including phenoxy) is 2. The maximum absolute atomic E-state index is 12.8. The van der Waals surface area contributed by atoms with Crippen molar-refractivity contribution in [3.63, 3.8) is 0 Å². The molecule has 0 aliphatic carbocycles. The summed E-state index contributed by atoms with van der Waals surface area (Å²) < 4.78 is 9.89. The lowest BCUT2D eigenvalue weighted by molar-refractivity contribution is -0.894. The highest BCUT2D eigenvalue weighted by Crippen LogP contribution is 2.29. The molecule has 2 aromatic rings. The van der Waals surface area contributed by atoms with E-state index < -0.39 is 50.8 Å². The summed E-state index contributed by atoms with van der Waals surface area (Å²) in [5.74, 6) is -3.37. The number of carbonyl (C=O) groups excluding carboxylic acids is 2. The van der Waals surface area contributed by atoms with Crippen molar-refractivity contribution in [1.82, 2.24) is 4.57 Å². The summed E-state index contributed by atoms with van der Waals surface area (Å²) in [6, 6.07) is 3.98. The first-order chi connectivity index (χ1) is 16.6. The summed E-state index contributed by atoms with van der Waals surface area (Å²) in [7, 11) is 0. The summed E-state index contributed by atoms with van der Waals surface area (Å²) in [6.07, 6.45) is 0. The number of rotatable bonds is 9. The third-order valence-electron chi connectivity index (χ3n) is 5.02. The van der Waals surface area contributed by atoms with Crippen LogP contribution in [0.4, 0.5) is 5.69 Å². The van der Waals surface area contributed by atoms with Gasteiger partial charge in [-0.2, -0.15) is 0 Å². The smallest absolute Gasteiger partial charge is 0.343 e. The highest BCUT2D eigenvalue weighted by atomic mass is 35.5. The van der Waals surface area contributed by atoms with Crippen LogP contribution in [0.2, 0.25) is 5.02 Å². The maximum atomic E-state index is 12.8.